The second-order valence-electron chi connectivity index (χ2n) is 2.98. The third-order valence-corrected chi connectivity index (χ3v) is 1.85. The summed E-state index contributed by atoms with van der Waals surface area (Å²) in [6.07, 6.45) is -0.743. The average Bonchev–Trinajstić information content (AvgIpc) is 2.29. The molecule has 84 valence electrons. The molecule has 0 amide bonds. The molecule has 1 aromatic rings. The van der Waals surface area contributed by atoms with Gasteiger partial charge in [-0.3, -0.25) is 10.1 Å². The molecule has 6 heteroatoms. The lowest BCUT2D eigenvalue weighted by Gasteiger charge is -2.08. The zero-order valence-electron chi connectivity index (χ0n) is 8.84. The van der Waals surface area contributed by atoms with Gasteiger partial charge in [-0.15, -0.1) is 0 Å². The van der Waals surface area contributed by atoms with E-state index in [-0.39, 0.29) is 11.4 Å². The van der Waals surface area contributed by atoms with Crippen LogP contribution in [0, 0.1) is 21.4 Å². The van der Waals surface area contributed by atoms with Gasteiger partial charge in [0.25, 0.3) is 0 Å². The molecule has 0 aliphatic rings. The number of methoxy groups -OCH3 is 1. The Hall–Kier alpha value is -2.29. The van der Waals surface area contributed by atoms with Crippen molar-refractivity contribution < 1.29 is 14.4 Å². The molecule has 0 aliphatic carbocycles. The van der Waals surface area contributed by atoms with Gasteiger partial charge >= 0.3 is 5.69 Å². The Labute approximate surface area is 92.2 Å². The van der Waals surface area contributed by atoms with Gasteiger partial charge in [-0.1, -0.05) is 0 Å². The lowest BCUT2D eigenvalue weighted by Crippen LogP contribution is -2.09. The minimum absolute atomic E-state index is 0.0554. The highest BCUT2D eigenvalue weighted by Gasteiger charge is 2.18. The van der Waals surface area contributed by atoms with E-state index in [1.807, 2.05) is 6.07 Å². The summed E-state index contributed by atoms with van der Waals surface area (Å²) in [6.45, 7) is 1.51. The lowest BCUT2D eigenvalue weighted by atomic mass is 10.2. The third kappa shape index (κ3) is 2.60. The van der Waals surface area contributed by atoms with Crippen LogP contribution in [0.1, 0.15) is 6.92 Å². The van der Waals surface area contributed by atoms with Crippen molar-refractivity contribution in [3.8, 4) is 17.6 Å². The zero-order valence-corrected chi connectivity index (χ0v) is 8.84. The Kier molecular flexibility index (Phi) is 3.67. The van der Waals surface area contributed by atoms with E-state index in [1.54, 1.807) is 0 Å². The number of nitrogens with zero attached hydrogens (tertiary/aromatic N) is 2. The van der Waals surface area contributed by atoms with Gasteiger partial charge in [-0.25, -0.2) is 0 Å². The van der Waals surface area contributed by atoms with Gasteiger partial charge in [-0.05, 0) is 19.1 Å². The van der Waals surface area contributed by atoms with Crippen LogP contribution in [0.2, 0.25) is 0 Å². The second-order valence-corrected chi connectivity index (χ2v) is 2.98. The second kappa shape index (κ2) is 4.98. The minimum Gasteiger partial charge on any atom is -0.496 e. The van der Waals surface area contributed by atoms with Gasteiger partial charge in [-0.2, -0.15) is 5.26 Å². The predicted octanol–water partition coefficient (Wildman–Crippen LogP) is 1.89. The summed E-state index contributed by atoms with van der Waals surface area (Å²) in [4.78, 5) is 10.2. The normalized spacial score (nSPS) is 11.3. The summed E-state index contributed by atoms with van der Waals surface area (Å²) in [5.74, 6) is 0.420. The van der Waals surface area contributed by atoms with E-state index in [4.69, 9.17) is 14.7 Å². The molecule has 0 saturated heterocycles. The van der Waals surface area contributed by atoms with E-state index in [0.29, 0.717) is 5.75 Å². The third-order valence-electron chi connectivity index (χ3n) is 1.85. The van der Waals surface area contributed by atoms with Gasteiger partial charge in [0.05, 0.1) is 18.1 Å². The van der Waals surface area contributed by atoms with Crippen molar-refractivity contribution in [2.75, 3.05) is 7.11 Å². The molecule has 0 bridgehead atoms. The number of nitro groups is 1. The largest absolute Gasteiger partial charge is 0.496 e. The van der Waals surface area contributed by atoms with E-state index >= 15 is 0 Å². The number of rotatable bonds is 4. The molecule has 1 atom stereocenters. The average molecular weight is 222 g/mol. The fourth-order valence-electron chi connectivity index (χ4n) is 1.08. The van der Waals surface area contributed by atoms with Crippen LogP contribution in [-0.2, 0) is 0 Å². The molecule has 0 aromatic heterocycles. The Morgan fingerprint density at radius 3 is 2.75 bits per heavy atom. The van der Waals surface area contributed by atoms with Crippen LogP contribution >= 0.6 is 0 Å². The molecule has 1 rings (SSSR count). The van der Waals surface area contributed by atoms with Crippen LogP contribution in [0.4, 0.5) is 5.69 Å². The fourth-order valence-corrected chi connectivity index (χ4v) is 1.08. The van der Waals surface area contributed by atoms with Crippen molar-refractivity contribution in [3.05, 3.63) is 28.3 Å². The SMILES string of the molecule is COc1ccc(O[C@H](C)C#N)c([N+](=O)[O-])c1. The number of hydrogen-bond donors (Lipinski definition) is 0. The smallest absolute Gasteiger partial charge is 0.314 e. The Bertz CT molecular complexity index is 439. The number of nitriles is 1. The number of ether oxygens (including phenoxy) is 2. The summed E-state index contributed by atoms with van der Waals surface area (Å²) < 4.78 is 9.96. The first-order valence-corrected chi connectivity index (χ1v) is 4.47. The summed E-state index contributed by atoms with van der Waals surface area (Å²) in [7, 11) is 1.41. The van der Waals surface area contributed by atoms with Crippen LogP contribution in [-0.4, -0.2) is 18.1 Å². The van der Waals surface area contributed by atoms with Crippen molar-refractivity contribution >= 4 is 5.69 Å². The first-order valence-electron chi connectivity index (χ1n) is 4.47. The van der Waals surface area contributed by atoms with Crippen molar-refractivity contribution in [1.82, 2.24) is 0 Å². The van der Waals surface area contributed by atoms with Crippen molar-refractivity contribution in [2.24, 2.45) is 0 Å². The lowest BCUT2D eigenvalue weighted by molar-refractivity contribution is -0.386. The Morgan fingerprint density at radius 1 is 1.56 bits per heavy atom. The van der Waals surface area contributed by atoms with Crippen LogP contribution in [0.5, 0.6) is 11.5 Å². The molecule has 0 fully saturated rings. The highest BCUT2D eigenvalue weighted by atomic mass is 16.6. The number of benzene rings is 1. The molecule has 0 radical (unpaired) electrons. The first kappa shape index (κ1) is 11.8. The quantitative estimate of drug-likeness (QED) is 0.573. The maximum Gasteiger partial charge on any atom is 0.314 e. The zero-order chi connectivity index (χ0) is 12.1. The highest BCUT2D eigenvalue weighted by molar-refractivity contribution is 5.51. The standard InChI is InChI=1S/C10H10N2O4/c1-7(6-11)16-10-4-3-8(15-2)5-9(10)12(13)14/h3-5,7H,1-2H3/t7-/m1/s1. The number of nitro benzene ring substituents is 1. The van der Waals surface area contributed by atoms with Crippen LogP contribution in [0.15, 0.2) is 18.2 Å². The fraction of sp³-hybridized carbons (Fsp3) is 0.300. The van der Waals surface area contributed by atoms with Gasteiger partial charge < -0.3 is 9.47 Å². The van der Waals surface area contributed by atoms with E-state index in [9.17, 15) is 10.1 Å². The summed E-state index contributed by atoms with van der Waals surface area (Å²) in [5.41, 5.74) is -0.221. The van der Waals surface area contributed by atoms with Crippen LogP contribution < -0.4 is 9.47 Å². The molecule has 0 heterocycles. The van der Waals surface area contributed by atoms with Crippen LogP contribution in [0.3, 0.4) is 0 Å². The van der Waals surface area contributed by atoms with Gasteiger partial charge in [0.1, 0.15) is 11.8 Å². The summed E-state index contributed by atoms with van der Waals surface area (Å²) >= 11 is 0. The molecule has 0 aliphatic heterocycles. The summed E-state index contributed by atoms with van der Waals surface area (Å²) in [5, 5.41) is 19.3. The molecule has 16 heavy (non-hydrogen) atoms. The molecule has 0 unspecified atom stereocenters. The van der Waals surface area contributed by atoms with Crippen LogP contribution in [0.25, 0.3) is 0 Å². The van der Waals surface area contributed by atoms with E-state index in [2.05, 4.69) is 0 Å². The first-order chi connectivity index (χ1) is 7.58. The predicted molar refractivity (Wildman–Crippen MR) is 55.4 cm³/mol. The van der Waals surface area contributed by atoms with Crippen molar-refractivity contribution in [3.63, 3.8) is 0 Å². The molecule has 1 aromatic carbocycles. The van der Waals surface area contributed by atoms with E-state index < -0.39 is 11.0 Å². The minimum atomic E-state index is -0.743. The Morgan fingerprint density at radius 2 is 2.25 bits per heavy atom. The van der Waals surface area contributed by atoms with E-state index in [0.717, 1.165) is 0 Å². The monoisotopic (exact) mass is 222 g/mol. The molecule has 0 N–H and O–H groups in total. The topological polar surface area (TPSA) is 85.4 Å². The van der Waals surface area contributed by atoms with Gasteiger partial charge in [0.15, 0.2) is 11.9 Å². The van der Waals surface area contributed by atoms with Gasteiger partial charge in [0, 0.05) is 0 Å². The maximum atomic E-state index is 10.7. The molecule has 0 saturated carbocycles. The molecule has 6 nitrogen and oxygen atoms in total. The summed E-state index contributed by atoms with van der Waals surface area (Å²) in [6, 6.07) is 6.02. The maximum absolute atomic E-state index is 10.7. The molecular weight excluding hydrogens is 212 g/mol. The Balaban J connectivity index is 3.09. The highest BCUT2D eigenvalue weighted by Crippen LogP contribution is 2.31. The van der Waals surface area contributed by atoms with Crippen molar-refractivity contribution in [2.45, 2.75) is 13.0 Å². The number of hydrogen-bond acceptors (Lipinski definition) is 5. The van der Waals surface area contributed by atoms with Crippen molar-refractivity contribution in [1.29, 1.82) is 5.26 Å². The van der Waals surface area contributed by atoms with Gasteiger partial charge in [0.2, 0.25) is 0 Å². The van der Waals surface area contributed by atoms with E-state index in [1.165, 1.54) is 32.2 Å². The molecular formula is C10H10N2O4. The molecule has 0 spiro atoms.